The lowest BCUT2D eigenvalue weighted by Crippen LogP contribution is -2.40. The zero-order valence-electron chi connectivity index (χ0n) is 18.4. The van der Waals surface area contributed by atoms with Gasteiger partial charge in [0.2, 0.25) is 0 Å². The standard InChI is InChI=1S/C23H36N4O3/c1-3-29-23-15-20(6-7-22(23)30-14-12-27-10-8-24-19-27)16-25-17-21-5-4-9-26(18-21)11-13-28-2/h6-8,10,15,19,21,25H,3-5,9,11-14,16-18H2,1-2H3. The van der Waals surface area contributed by atoms with E-state index in [2.05, 4.69) is 27.3 Å². The third-order valence-corrected chi connectivity index (χ3v) is 5.45. The van der Waals surface area contributed by atoms with Crippen molar-refractivity contribution < 1.29 is 14.2 Å². The minimum absolute atomic E-state index is 0.579. The second kappa shape index (κ2) is 12.6. The molecule has 30 heavy (non-hydrogen) atoms. The molecule has 1 N–H and O–H groups in total. The molecule has 1 fully saturated rings. The van der Waals surface area contributed by atoms with Gasteiger partial charge in [-0.05, 0) is 56.5 Å². The Hall–Kier alpha value is -2.09. The van der Waals surface area contributed by atoms with Crippen molar-refractivity contribution in [1.82, 2.24) is 19.8 Å². The van der Waals surface area contributed by atoms with Gasteiger partial charge in [-0.3, -0.25) is 0 Å². The largest absolute Gasteiger partial charge is 0.490 e. The van der Waals surface area contributed by atoms with Gasteiger partial charge in [0.15, 0.2) is 11.5 Å². The van der Waals surface area contributed by atoms with Crippen LogP contribution in [0, 0.1) is 5.92 Å². The maximum absolute atomic E-state index is 5.95. The number of rotatable bonds is 13. The van der Waals surface area contributed by atoms with Crippen LogP contribution in [0.15, 0.2) is 36.9 Å². The molecule has 0 aliphatic carbocycles. The normalized spacial score (nSPS) is 17.2. The number of ether oxygens (including phenoxy) is 3. The molecule has 2 heterocycles. The number of piperidine rings is 1. The number of likely N-dealkylation sites (tertiary alicyclic amines) is 1. The monoisotopic (exact) mass is 416 g/mol. The van der Waals surface area contributed by atoms with E-state index >= 15 is 0 Å². The topological polar surface area (TPSA) is 60.8 Å². The smallest absolute Gasteiger partial charge is 0.161 e. The van der Waals surface area contributed by atoms with Crippen LogP contribution in [0.4, 0.5) is 0 Å². The zero-order chi connectivity index (χ0) is 21.0. The fourth-order valence-electron chi connectivity index (χ4n) is 3.89. The Labute approximate surface area is 180 Å². The maximum Gasteiger partial charge on any atom is 0.161 e. The Balaban J connectivity index is 1.45. The van der Waals surface area contributed by atoms with E-state index in [0.717, 1.165) is 50.8 Å². The van der Waals surface area contributed by atoms with Gasteiger partial charge in [0.05, 0.1) is 26.1 Å². The summed E-state index contributed by atoms with van der Waals surface area (Å²) in [6.45, 7) is 10.0. The van der Waals surface area contributed by atoms with Gasteiger partial charge in [-0.1, -0.05) is 6.07 Å². The van der Waals surface area contributed by atoms with E-state index in [4.69, 9.17) is 14.2 Å². The number of nitrogens with zero attached hydrogens (tertiary/aromatic N) is 3. The van der Waals surface area contributed by atoms with Crippen molar-refractivity contribution >= 4 is 0 Å². The summed E-state index contributed by atoms with van der Waals surface area (Å²) in [5, 5.41) is 3.63. The predicted molar refractivity (Wildman–Crippen MR) is 118 cm³/mol. The highest BCUT2D eigenvalue weighted by Crippen LogP contribution is 2.28. The molecule has 166 valence electrons. The van der Waals surface area contributed by atoms with Crippen molar-refractivity contribution in [3.63, 3.8) is 0 Å². The fourth-order valence-corrected chi connectivity index (χ4v) is 3.89. The molecule has 0 bridgehead atoms. The molecular weight excluding hydrogens is 380 g/mol. The summed E-state index contributed by atoms with van der Waals surface area (Å²) in [7, 11) is 1.77. The van der Waals surface area contributed by atoms with Crippen LogP contribution in [-0.4, -0.2) is 67.6 Å². The molecule has 0 amide bonds. The summed E-state index contributed by atoms with van der Waals surface area (Å²) in [6.07, 6.45) is 8.08. The Morgan fingerprint density at radius 3 is 2.90 bits per heavy atom. The van der Waals surface area contributed by atoms with Crippen LogP contribution in [-0.2, 0) is 17.8 Å². The van der Waals surface area contributed by atoms with Crippen molar-refractivity contribution in [2.75, 3.05) is 53.1 Å². The second-order valence-electron chi connectivity index (χ2n) is 7.80. The number of aromatic nitrogens is 2. The molecule has 1 aliphatic rings. The van der Waals surface area contributed by atoms with Gasteiger partial charge in [0.1, 0.15) is 6.61 Å². The van der Waals surface area contributed by atoms with Crippen LogP contribution in [0.5, 0.6) is 11.5 Å². The first-order valence-electron chi connectivity index (χ1n) is 11.0. The van der Waals surface area contributed by atoms with Gasteiger partial charge in [-0.2, -0.15) is 0 Å². The average molecular weight is 417 g/mol. The van der Waals surface area contributed by atoms with Crippen molar-refractivity contribution in [3.8, 4) is 11.5 Å². The van der Waals surface area contributed by atoms with Gasteiger partial charge in [-0.15, -0.1) is 0 Å². The second-order valence-corrected chi connectivity index (χ2v) is 7.80. The lowest BCUT2D eigenvalue weighted by Gasteiger charge is -2.32. The van der Waals surface area contributed by atoms with Crippen LogP contribution in [0.3, 0.4) is 0 Å². The Kier molecular flexibility index (Phi) is 9.47. The molecule has 1 aromatic carbocycles. The van der Waals surface area contributed by atoms with E-state index < -0.39 is 0 Å². The summed E-state index contributed by atoms with van der Waals surface area (Å²) in [5.74, 6) is 2.31. The van der Waals surface area contributed by atoms with Gasteiger partial charge < -0.3 is 29.0 Å². The first-order valence-corrected chi connectivity index (χ1v) is 11.0. The summed E-state index contributed by atoms with van der Waals surface area (Å²) in [6, 6.07) is 6.23. The SMILES string of the molecule is CCOc1cc(CNCC2CCCN(CCOC)C2)ccc1OCCn1ccnc1. The molecule has 7 nitrogen and oxygen atoms in total. The summed E-state index contributed by atoms with van der Waals surface area (Å²) >= 11 is 0. The molecule has 1 atom stereocenters. The lowest BCUT2D eigenvalue weighted by atomic mass is 9.98. The molecule has 7 heteroatoms. The molecular formula is C23H36N4O3. The first-order chi connectivity index (χ1) is 14.8. The van der Waals surface area contributed by atoms with E-state index in [0.29, 0.717) is 19.1 Å². The van der Waals surface area contributed by atoms with Crippen molar-refractivity contribution in [2.45, 2.75) is 32.9 Å². The first kappa shape index (κ1) is 22.6. The molecule has 1 aromatic heterocycles. The highest BCUT2D eigenvalue weighted by atomic mass is 16.5. The minimum Gasteiger partial charge on any atom is -0.490 e. The molecule has 2 aromatic rings. The molecule has 3 rings (SSSR count). The zero-order valence-corrected chi connectivity index (χ0v) is 18.4. The Bertz CT molecular complexity index is 723. The molecule has 1 saturated heterocycles. The summed E-state index contributed by atoms with van der Waals surface area (Å²) in [4.78, 5) is 6.57. The molecule has 1 aliphatic heterocycles. The maximum atomic E-state index is 5.95. The summed E-state index contributed by atoms with van der Waals surface area (Å²) in [5.41, 5.74) is 1.22. The van der Waals surface area contributed by atoms with Crippen LogP contribution in [0.2, 0.25) is 0 Å². The number of nitrogens with one attached hydrogen (secondary N) is 1. The highest BCUT2D eigenvalue weighted by Gasteiger charge is 2.19. The van der Waals surface area contributed by atoms with Crippen LogP contribution >= 0.6 is 0 Å². The van der Waals surface area contributed by atoms with Crippen molar-refractivity contribution in [3.05, 3.63) is 42.5 Å². The Morgan fingerprint density at radius 1 is 1.17 bits per heavy atom. The number of benzene rings is 1. The van der Waals surface area contributed by atoms with E-state index in [1.807, 2.05) is 23.8 Å². The van der Waals surface area contributed by atoms with Crippen LogP contribution < -0.4 is 14.8 Å². The highest BCUT2D eigenvalue weighted by molar-refractivity contribution is 5.43. The molecule has 0 spiro atoms. The molecule has 0 radical (unpaired) electrons. The number of hydrogen-bond donors (Lipinski definition) is 1. The third-order valence-electron chi connectivity index (χ3n) is 5.45. The molecule has 0 saturated carbocycles. The van der Waals surface area contributed by atoms with Crippen LogP contribution in [0.25, 0.3) is 0 Å². The third kappa shape index (κ3) is 7.31. The van der Waals surface area contributed by atoms with Gasteiger partial charge in [-0.25, -0.2) is 4.98 Å². The van der Waals surface area contributed by atoms with E-state index in [1.54, 1.807) is 19.6 Å². The quantitative estimate of drug-likeness (QED) is 0.542. The van der Waals surface area contributed by atoms with Gasteiger partial charge in [0, 0.05) is 39.1 Å². The summed E-state index contributed by atoms with van der Waals surface area (Å²) < 4.78 is 19.0. The van der Waals surface area contributed by atoms with Gasteiger partial charge in [0.25, 0.3) is 0 Å². The lowest BCUT2D eigenvalue weighted by molar-refractivity contribution is 0.114. The van der Waals surface area contributed by atoms with E-state index in [1.165, 1.54) is 24.9 Å². The van der Waals surface area contributed by atoms with Crippen molar-refractivity contribution in [1.29, 1.82) is 0 Å². The fraction of sp³-hybridized carbons (Fsp3) is 0.609. The van der Waals surface area contributed by atoms with Gasteiger partial charge >= 0.3 is 0 Å². The predicted octanol–water partition coefficient (Wildman–Crippen LogP) is 2.81. The minimum atomic E-state index is 0.579. The molecule has 1 unspecified atom stereocenters. The number of hydrogen-bond acceptors (Lipinski definition) is 6. The Morgan fingerprint density at radius 2 is 2.10 bits per heavy atom. The van der Waals surface area contributed by atoms with Crippen LogP contribution in [0.1, 0.15) is 25.3 Å². The van der Waals surface area contributed by atoms with E-state index in [-0.39, 0.29) is 0 Å². The van der Waals surface area contributed by atoms with E-state index in [9.17, 15) is 0 Å². The average Bonchev–Trinajstić information content (AvgIpc) is 3.28. The number of imidazole rings is 1. The number of methoxy groups -OCH3 is 1. The van der Waals surface area contributed by atoms with Crippen molar-refractivity contribution in [2.24, 2.45) is 5.92 Å².